The molecular formula is C14H23N5O3. The van der Waals surface area contributed by atoms with Crippen LogP contribution in [0.25, 0.3) is 0 Å². The number of piperazine rings is 1. The van der Waals surface area contributed by atoms with Gasteiger partial charge in [-0.15, -0.1) is 0 Å². The molecule has 2 rings (SSSR count). The van der Waals surface area contributed by atoms with Crippen LogP contribution in [-0.4, -0.2) is 78.6 Å². The number of anilines is 1. The van der Waals surface area contributed by atoms with Gasteiger partial charge in [0.25, 0.3) is 6.47 Å². The number of nitrogens with zero attached hydrogens (tertiary/aromatic N) is 3. The highest BCUT2D eigenvalue weighted by Gasteiger charge is 2.21. The van der Waals surface area contributed by atoms with Gasteiger partial charge in [-0.3, -0.25) is 14.5 Å². The van der Waals surface area contributed by atoms with Crippen molar-refractivity contribution in [2.45, 2.75) is 6.04 Å². The van der Waals surface area contributed by atoms with Gasteiger partial charge in [0.1, 0.15) is 5.82 Å². The van der Waals surface area contributed by atoms with Crippen molar-refractivity contribution >= 4 is 18.2 Å². The maximum Gasteiger partial charge on any atom is 0.290 e. The van der Waals surface area contributed by atoms with E-state index in [-0.39, 0.29) is 6.47 Å². The summed E-state index contributed by atoms with van der Waals surface area (Å²) in [5.41, 5.74) is 5.61. The average molecular weight is 309 g/mol. The molecule has 2 heterocycles. The minimum absolute atomic E-state index is 0.250. The lowest BCUT2D eigenvalue weighted by atomic mass is 10.2. The van der Waals surface area contributed by atoms with Crippen LogP contribution in [0, 0.1) is 0 Å². The predicted octanol–water partition coefficient (Wildman–Crippen LogP) is -0.461. The third-order valence-corrected chi connectivity index (χ3v) is 3.55. The fraction of sp³-hybridized carbons (Fsp3) is 0.500. The predicted molar refractivity (Wildman–Crippen MR) is 83.9 cm³/mol. The van der Waals surface area contributed by atoms with E-state index in [4.69, 9.17) is 15.6 Å². The van der Waals surface area contributed by atoms with Crippen molar-refractivity contribution in [2.75, 3.05) is 45.6 Å². The molecule has 1 aliphatic heterocycles. The number of aromatic nitrogens is 1. The van der Waals surface area contributed by atoms with E-state index in [0.29, 0.717) is 11.6 Å². The monoisotopic (exact) mass is 309 g/mol. The number of hydrogen-bond donors (Lipinski definition) is 3. The maximum atomic E-state index is 10.9. The van der Waals surface area contributed by atoms with Gasteiger partial charge in [-0.2, -0.15) is 0 Å². The van der Waals surface area contributed by atoms with Crippen molar-refractivity contribution in [3.63, 3.8) is 0 Å². The molecule has 1 aromatic heterocycles. The van der Waals surface area contributed by atoms with Crippen molar-refractivity contribution in [1.29, 1.82) is 0 Å². The molecule has 1 fully saturated rings. The highest BCUT2D eigenvalue weighted by atomic mass is 16.3. The Labute approximate surface area is 129 Å². The second kappa shape index (κ2) is 8.96. The number of nitrogens with one attached hydrogen (secondary N) is 1. The number of amides is 1. The van der Waals surface area contributed by atoms with Crippen LogP contribution in [-0.2, 0) is 4.79 Å². The summed E-state index contributed by atoms with van der Waals surface area (Å²) in [4.78, 5) is 28.2. The smallest absolute Gasteiger partial charge is 0.290 e. The van der Waals surface area contributed by atoms with Gasteiger partial charge < -0.3 is 21.1 Å². The molecule has 0 saturated carbocycles. The number of carbonyl (C=O) groups excluding carboxylic acids is 1. The van der Waals surface area contributed by atoms with E-state index in [9.17, 15) is 4.79 Å². The Morgan fingerprint density at radius 3 is 2.73 bits per heavy atom. The van der Waals surface area contributed by atoms with Gasteiger partial charge >= 0.3 is 0 Å². The van der Waals surface area contributed by atoms with E-state index in [0.717, 1.165) is 32.0 Å². The molecule has 8 heteroatoms. The highest BCUT2D eigenvalue weighted by molar-refractivity contribution is 5.92. The molecule has 0 bridgehead atoms. The molecular weight excluding hydrogens is 286 g/mol. The van der Waals surface area contributed by atoms with E-state index in [1.165, 1.54) is 6.20 Å². The molecule has 1 aliphatic rings. The molecule has 1 saturated heterocycles. The minimum Gasteiger partial charge on any atom is -0.483 e. The number of carboxylic acid groups (broad SMARTS) is 1. The zero-order valence-electron chi connectivity index (χ0n) is 12.9. The minimum atomic E-state index is -0.451. The van der Waals surface area contributed by atoms with Crippen molar-refractivity contribution in [3.8, 4) is 0 Å². The van der Waals surface area contributed by atoms with Crippen LogP contribution < -0.4 is 11.1 Å². The summed E-state index contributed by atoms with van der Waals surface area (Å²) in [6, 6.07) is 3.94. The molecule has 1 amide bonds. The lowest BCUT2D eigenvalue weighted by molar-refractivity contribution is -0.122. The Kier molecular flexibility index (Phi) is 7.27. The molecule has 8 nitrogen and oxygen atoms in total. The van der Waals surface area contributed by atoms with Crippen LogP contribution in [0.2, 0.25) is 0 Å². The van der Waals surface area contributed by atoms with E-state index in [1.54, 1.807) is 12.1 Å². The molecule has 0 aromatic carbocycles. The van der Waals surface area contributed by atoms with Crippen molar-refractivity contribution in [3.05, 3.63) is 23.9 Å². The first-order chi connectivity index (χ1) is 10.5. The topological polar surface area (TPSA) is 112 Å². The first-order valence-electron chi connectivity index (χ1n) is 6.94. The number of hydrogen-bond acceptors (Lipinski definition) is 6. The SMILES string of the molecule is CN1CCN(C)C(CNc2ccc(C(N)=O)cn2)C1.O=CO. The van der Waals surface area contributed by atoms with Crippen LogP contribution in [0.5, 0.6) is 0 Å². The van der Waals surface area contributed by atoms with Gasteiger partial charge in [0.2, 0.25) is 5.91 Å². The van der Waals surface area contributed by atoms with Crippen LogP contribution in [0.3, 0.4) is 0 Å². The molecule has 0 spiro atoms. The lowest BCUT2D eigenvalue weighted by Gasteiger charge is -2.37. The summed E-state index contributed by atoms with van der Waals surface area (Å²) >= 11 is 0. The van der Waals surface area contributed by atoms with Gasteiger partial charge in [-0.05, 0) is 26.2 Å². The number of nitrogens with two attached hydrogens (primary N) is 1. The summed E-state index contributed by atoms with van der Waals surface area (Å²) in [6.45, 7) is 3.82. The molecule has 0 radical (unpaired) electrons. The number of pyridine rings is 1. The zero-order chi connectivity index (χ0) is 16.5. The summed E-state index contributed by atoms with van der Waals surface area (Å²) in [7, 11) is 4.28. The standard InChI is InChI=1S/C13H21N5O.CH2O2/c1-17-5-6-18(2)11(9-17)8-16-12-4-3-10(7-15-12)13(14)19;2-1-3/h3-4,7,11H,5-6,8-9H2,1-2H3,(H2,14,19)(H,15,16);1H,(H,2,3). The highest BCUT2D eigenvalue weighted by Crippen LogP contribution is 2.09. The van der Waals surface area contributed by atoms with E-state index < -0.39 is 5.91 Å². The molecule has 1 aromatic rings. The Hall–Kier alpha value is -2.19. The molecule has 122 valence electrons. The average Bonchev–Trinajstić information content (AvgIpc) is 2.49. The van der Waals surface area contributed by atoms with Crippen molar-refractivity contribution in [2.24, 2.45) is 5.73 Å². The Morgan fingerprint density at radius 1 is 1.50 bits per heavy atom. The second-order valence-corrected chi connectivity index (χ2v) is 5.18. The normalized spacial score (nSPS) is 18.9. The number of carbonyl (C=O) groups is 2. The summed E-state index contributed by atoms with van der Waals surface area (Å²) in [5, 5.41) is 10.2. The third-order valence-electron chi connectivity index (χ3n) is 3.55. The van der Waals surface area contributed by atoms with Crippen molar-refractivity contribution in [1.82, 2.24) is 14.8 Å². The first kappa shape index (κ1) is 17.9. The second-order valence-electron chi connectivity index (χ2n) is 5.18. The fourth-order valence-corrected chi connectivity index (χ4v) is 2.19. The maximum absolute atomic E-state index is 10.9. The third kappa shape index (κ3) is 5.66. The molecule has 1 atom stereocenters. The first-order valence-corrected chi connectivity index (χ1v) is 6.94. The van der Waals surface area contributed by atoms with Crippen LogP contribution >= 0.6 is 0 Å². The van der Waals surface area contributed by atoms with Gasteiger partial charge in [-0.1, -0.05) is 0 Å². The van der Waals surface area contributed by atoms with E-state index in [1.807, 2.05) is 0 Å². The summed E-state index contributed by atoms with van der Waals surface area (Å²) < 4.78 is 0. The fourth-order valence-electron chi connectivity index (χ4n) is 2.19. The molecule has 1 unspecified atom stereocenters. The summed E-state index contributed by atoms with van der Waals surface area (Å²) in [6.07, 6.45) is 1.50. The zero-order valence-corrected chi connectivity index (χ0v) is 12.9. The number of likely N-dealkylation sites (N-methyl/N-ethyl adjacent to an activating group) is 2. The van der Waals surface area contributed by atoms with Crippen LogP contribution in [0.4, 0.5) is 5.82 Å². The van der Waals surface area contributed by atoms with E-state index in [2.05, 4.69) is 34.2 Å². The lowest BCUT2D eigenvalue weighted by Crippen LogP contribution is -2.52. The Balaban J connectivity index is 0.000000745. The van der Waals surface area contributed by atoms with Gasteiger partial charge in [-0.25, -0.2) is 4.98 Å². The van der Waals surface area contributed by atoms with Crippen LogP contribution in [0.1, 0.15) is 10.4 Å². The molecule has 22 heavy (non-hydrogen) atoms. The Bertz CT molecular complexity index is 480. The largest absolute Gasteiger partial charge is 0.483 e. The molecule has 0 aliphatic carbocycles. The van der Waals surface area contributed by atoms with Gasteiger partial charge in [0.15, 0.2) is 0 Å². The Morgan fingerprint density at radius 2 is 2.18 bits per heavy atom. The van der Waals surface area contributed by atoms with E-state index >= 15 is 0 Å². The quantitative estimate of drug-likeness (QED) is 0.645. The van der Waals surface area contributed by atoms with Gasteiger partial charge in [0, 0.05) is 38.4 Å². The summed E-state index contributed by atoms with van der Waals surface area (Å²) in [5.74, 6) is 0.319. The number of primary amides is 1. The molecule has 4 N–H and O–H groups in total. The van der Waals surface area contributed by atoms with Gasteiger partial charge in [0.05, 0.1) is 5.56 Å². The van der Waals surface area contributed by atoms with Crippen molar-refractivity contribution < 1.29 is 14.7 Å². The van der Waals surface area contributed by atoms with Crippen LogP contribution in [0.15, 0.2) is 18.3 Å². The number of rotatable bonds is 4.